The molecule has 1 fully saturated rings. The maximum Gasteiger partial charge on any atom is 0.222 e. The number of rotatable bonds is 5. The second kappa shape index (κ2) is 7.28. The molecule has 3 nitrogen and oxygen atoms in total. The second-order valence-electron chi connectivity index (χ2n) is 5.93. The lowest BCUT2D eigenvalue weighted by molar-refractivity contribution is -0.125. The first-order chi connectivity index (χ1) is 10.1. The summed E-state index contributed by atoms with van der Waals surface area (Å²) >= 11 is 6.14. The number of ether oxygens (including phenoxy) is 1. The fraction of sp³-hybridized carbons (Fsp3) is 0.588. The van der Waals surface area contributed by atoms with Gasteiger partial charge in [0.25, 0.3) is 0 Å². The van der Waals surface area contributed by atoms with Gasteiger partial charge in [-0.2, -0.15) is 0 Å². The van der Waals surface area contributed by atoms with Gasteiger partial charge in [0.2, 0.25) is 5.91 Å². The molecule has 0 unspecified atom stereocenters. The van der Waals surface area contributed by atoms with E-state index in [-0.39, 0.29) is 17.2 Å². The molecule has 0 aliphatic carbocycles. The van der Waals surface area contributed by atoms with Crippen LogP contribution < -0.4 is 5.32 Å². The molecule has 1 aromatic rings. The van der Waals surface area contributed by atoms with Crippen molar-refractivity contribution in [1.29, 1.82) is 0 Å². The van der Waals surface area contributed by atoms with Crippen LogP contribution in [0, 0.1) is 5.92 Å². The van der Waals surface area contributed by atoms with Crippen LogP contribution >= 0.6 is 11.6 Å². The van der Waals surface area contributed by atoms with Crippen molar-refractivity contribution >= 4 is 17.5 Å². The summed E-state index contributed by atoms with van der Waals surface area (Å²) < 4.78 is 5.51. The van der Waals surface area contributed by atoms with Gasteiger partial charge in [0, 0.05) is 36.1 Å². The van der Waals surface area contributed by atoms with Crippen molar-refractivity contribution in [2.24, 2.45) is 5.92 Å². The van der Waals surface area contributed by atoms with Crippen molar-refractivity contribution in [2.75, 3.05) is 19.8 Å². The molecule has 0 radical (unpaired) electrons. The van der Waals surface area contributed by atoms with E-state index in [9.17, 15) is 4.79 Å². The van der Waals surface area contributed by atoms with E-state index in [0.29, 0.717) is 6.54 Å². The Morgan fingerprint density at radius 1 is 1.43 bits per heavy atom. The molecule has 1 atom stereocenters. The quantitative estimate of drug-likeness (QED) is 0.903. The van der Waals surface area contributed by atoms with Gasteiger partial charge in [-0.3, -0.25) is 4.79 Å². The Kier molecular flexibility index (Phi) is 5.65. The van der Waals surface area contributed by atoms with Crippen molar-refractivity contribution in [3.05, 3.63) is 34.9 Å². The molecule has 1 heterocycles. The Morgan fingerprint density at radius 3 is 2.76 bits per heavy atom. The minimum atomic E-state index is -0.0632. The predicted molar refractivity (Wildman–Crippen MR) is 85.6 cm³/mol. The number of halogens is 1. The summed E-state index contributed by atoms with van der Waals surface area (Å²) in [4.78, 5) is 12.1. The number of amides is 1. The van der Waals surface area contributed by atoms with E-state index >= 15 is 0 Å². The summed E-state index contributed by atoms with van der Waals surface area (Å²) in [6.45, 7) is 6.11. The Balaban J connectivity index is 2.16. The third kappa shape index (κ3) is 3.98. The van der Waals surface area contributed by atoms with Crippen LogP contribution in [0.3, 0.4) is 0 Å². The molecule has 1 aliphatic rings. The third-order valence-corrected chi connectivity index (χ3v) is 4.78. The van der Waals surface area contributed by atoms with Gasteiger partial charge in [0.1, 0.15) is 0 Å². The van der Waals surface area contributed by atoms with Crippen molar-refractivity contribution in [3.8, 4) is 0 Å². The van der Waals surface area contributed by atoms with Gasteiger partial charge in [-0.05, 0) is 37.0 Å². The van der Waals surface area contributed by atoms with E-state index < -0.39 is 0 Å². The molecule has 0 saturated carbocycles. The molecule has 1 aliphatic heterocycles. The summed E-state index contributed by atoms with van der Waals surface area (Å²) in [5.74, 6) is 0.187. The first-order valence-electron chi connectivity index (χ1n) is 7.69. The maximum atomic E-state index is 12.1. The van der Waals surface area contributed by atoms with Crippen molar-refractivity contribution in [3.63, 3.8) is 0 Å². The van der Waals surface area contributed by atoms with Gasteiger partial charge in [-0.25, -0.2) is 0 Å². The van der Waals surface area contributed by atoms with Gasteiger partial charge in [0.15, 0.2) is 0 Å². The molecule has 2 rings (SSSR count). The Morgan fingerprint density at radius 2 is 2.14 bits per heavy atom. The molecule has 21 heavy (non-hydrogen) atoms. The van der Waals surface area contributed by atoms with E-state index in [1.54, 1.807) is 0 Å². The normalized spacial score (nSPS) is 19.0. The van der Waals surface area contributed by atoms with Gasteiger partial charge >= 0.3 is 0 Å². The van der Waals surface area contributed by atoms with Crippen molar-refractivity contribution in [1.82, 2.24) is 5.32 Å². The van der Waals surface area contributed by atoms with E-state index in [1.165, 1.54) is 5.56 Å². The van der Waals surface area contributed by atoms with Crippen LogP contribution in [-0.2, 0) is 14.9 Å². The summed E-state index contributed by atoms with van der Waals surface area (Å²) in [7, 11) is 0. The molecular formula is C17H24ClNO2. The van der Waals surface area contributed by atoms with E-state index in [0.717, 1.165) is 37.5 Å². The highest BCUT2D eigenvalue weighted by molar-refractivity contribution is 6.30. The SMILES string of the molecule is CC[C@H](C)C(=O)NCC1(c2cccc(Cl)c2)CCOCC1. The Bertz CT molecular complexity index is 483. The fourth-order valence-electron chi connectivity index (χ4n) is 2.76. The molecule has 4 heteroatoms. The molecule has 1 aromatic carbocycles. The molecule has 116 valence electrons. The van der Waals surface area contributed by atoms with Crippen LogP contribution in [0.4, 0.5) is 0 Å². The van der Waals surface area contributed by atoms with Crippen LogP contribution in [-0.4, -0.2) is 25.7 Å². The number of benzene rings is 1. The van der Waals surface area contributed by atoms with Crippen LogP contribution in [0.2, 0.25) is 5.02 Å². The Labute approximate surface area is 132 Å². The van der Waals surface area contributed by atoms with Crippen molar-refractivity contribution in [2.45, 2.75) is 38.5 Å². The number of carbonyl (C=O) groups is 1. The lowest BCUT2D eigenvalue weighted by atomic mass is 9.74. The fourth-order valence-corrected chi connectivity index (χ4v) is 2.95. The third-order valence-electron chi connectivity index (χ3n) is 4.55. The smallest absolute Gasteiger partial charge is 0.222 e. The first kappa shape index (κ1) is 16.3. The van der Waals surface area contributed by atoms with Gasteiger partial charge < -0.3 is 10.1 Å². The lowest BCUT2D eigenvalue weighted by Crippen LogP contribution is -2.45. The zero-order chi connectivity index (χ0) is 15.3. The monoisotopic (exact) mass is 309 g/mol. The summed E-state index contributed by atoms with van der Waals surface area (Å²) in [6.07, 6.45) is 2.68. The highest BCUT2D eigenvalue weighted by Crippen LogP contribution is 2.35. The van der Waals surface area contributed by atoms with Gasteiger partial charge in [-0.1, -0.05) is 37.6 Å². The van der Waals surface area contributed by atoms with E-state index in [1.807, 2.05) is 32.0 Å². The van der Waals surface area contributed by atoms with Gasteiger partial charge in [0.05, 0.1) is 0 Å². The molecule has 0 bridgehead atoms. The minimum absolute atomic E-state index is 0.0567. The molecule has 0 aromatic heterocycles. The molecule has 0 spiro atoms. The average molecular weight is 310 g/mol. The van der Waals surface area contributed by atoms with E-state index in [4.69, 9.17) is 16.3 Å². The average Bonchev–Trinajstić information content (AvgIpc) is 2.52. The number of hydrogen-bond acceptors (Lipinski definition) is 2. The van der Waals surface area contributed by atoms with E-state index in [2.05, 4.69) is 11.4 Å². The van der Waals surface area contributed by atoms with Crippen LogP contribution in [0.5, 0.6) is 0 Å². The molecular weight excluding hydrogens is 286 g/mol. The summed E-state index contributed by atoms with van der Waals surface area (Å²) in [5, 5.41) is 3.87. The van der Waals surface area contributed by atoms with Crippen LogP contribution in [0.15, 0.2) is 24.3 Å². The number of hydrogen-bond donors (Lipinski definition) is 1. The highest BCUT2D eigenvalue weighted by Gasteiger charge is 2.35. The highest BCUT2D eigenvalue weighted by atomic mass is 35.5. The number of carbonyl (C=O) groups excluding carboxylic acids is 1. The summed E-state index contributed by atoms with van der Waals surface area (Å²) in [5.41, 5.74) is 1.13. The second-order valence-corrected chi connectivity index (χ2v) is 6.37. The van der Waals surface area contributed by atoms with Crippen molar-refractivity contribution < 1.29 is 9.53 Å². The van der Waals surface area contributed by atoms with Crippen LogP contribution in [0.25, 0.3) is 0 Å². The molecule has 1 saturated heterocycles. The summed E-state index contributed by atoms with van der Waals surface area (Å²) in [6, 6.07) is 7.98. The van der Waals surface area contributed by atoms with Crippen LogP contribution in [0.1, 0.15) is 38.7 Å². The largest absolute Gasteiger partial charge is 0.381 e. The topological polar surface area (TPSA) is 38.3 Å². The lowest BCUT2D eigenvalue weighted by Gasteiger charge is -2.38. The standard InChI is InChI=1S/C17H24ClNO2/c1-3-13(2)16(20)19-12-17(7-9-21-10-8-17)14-5-4-6-15(18)11-14/h4-6,11,13H,3,7-10,12H2,1-2H3,(H,19,20)/t13-/m0/s1. The zero-order valence-corrected chi connectivity index (χ0v) is 13.6. The predicted octanol–water partition coefficient (Wildman–Crippen LogP) is 3.55. The zero-order valence-electron chi connectivity index (χ0n) is 12.8. The maximum absolute atomic E-state index is 12.1. The Hall–Kier alpha value is -1.06. The molecule has 1 amide bonds. The van der Waals surface area contributed by atoms with Gasteiger partial charge in [-0.15, -0.1) is 0 Å². The molecule has 1 N–H and O–H groups in total. The first-order valence-corrected chi connectivity index (χ1v) is 8.07. The minimum Gasteiger partial charge on any atom is -0.381 e. The number of nitrogens with one attached hydrogen (secondary N) is 1.